The van der Waals surface area contributed by atoms with E-state index in [0.29, 0.717) is 15.6 Å². The second kappa shape index (κ2) is 6.32. The molecular weight excluding hydrogens is 308 g/mol. The van der Waals surface area contributed by atoms with Gasteiger partial charge in [0.25, 0.3) is 5.91 Å². The van der Waals surface area contributed by atoms with Gasteiger partial charge in [-0.3, -0.25) is 4.79 Å². The second-order valence-corrected chi connectivity index (χ2v) is 6.05. The lowest BCUT2D eigenvalue weighted by Crippen LogP contribution is -2.15. The van der Waals surface area contributed by atoms with Gasteiger partial charge in [-0.25, -0.2) is 4.98 Å². The van der Waals surface area contributed by atoms with Crippen molar-refractivity contribution < 1.29 is 4.79 Å². The Balaban J connectivity index is 2.22. The van der Waals surface area contributed by atoms with Gasteiger partial charge in [0.05, 0.1) is 10.7 Å². The molecule has 2 rings (SSSR count). The van der Waals surface area contributed by atoms with Crippen LogP contribution in [0.5, 0.6) is 0 Å². The van der Waals surface area contributed by atoms with Crippen LogP contribution >= 0.6 is 22.9 Å². The van der Waals surface area contributed by atoms with Crippen LogP contribution in [0.1, 0.15) is 22.2 Å². The third kappa shape index (κ3) is 3.46. The van der Waals surface area contributed by atoms with E-state index in [0.717, 1.165) is 17.2 Å². The number of nitrogen functional groups attached to an aromatic ring is 1. The summed E-state index contributed by atoms with van der Waals surface area (Å²) in [6.45, 7) is 4.73. The van der Waals surface area contributed by atoms with Crippen LogP contribution in [-0.4, -0.2) is 24.5 Å². The summed E-state index contributed by atoms with van der Waals surface area (Å²) in [5, 5.41) is 3.98. The van der Waals surface area contributed by atoms with E-state index in [1.807, 2.05) is 31.9 Å². The lowest BCUT2D eigenvalue weighted by atomic mass is 10.2. The molecule has 5 nitrogen and oxygen atoms in total. The lowest BCUT2D eigenvalue weighted by Gasteiger charge is -2.11. The number of hydrogen-bond acceptors (Lipinski definition) is 5. The molecule has 0 aliphatic rings. The summed E-state index contributed by atoms with van der Waals surface area (Å²) < 4.78 is 0. The highest BCUT2D eigenvalue weighted by Crippen LogP contribution is 2.29. The molecule has 112 valence electrons. The first-order valence-electron chi connectivity index (χ1n) is 6.47. The van der Waals surface area contributed by atoms with Crippen LogP contribution in [0, 0.1) is 6.92 Å². The number of thiazole rings is 1. The predicted molar refractivity (Wildman–Crippen MR) is 89.6 cm³/mol. The third-order valence-corrected chi connectivity index (χ3v) is 4.52. The van der Waals surface area contributed by atoms with Crippen molar-refractivity contribution in [3.63, 3.8) is 0 Å². The molecule has 2 aromatic rings. The number of amides is 1. The Morgan fingerprint density at radius 3 is 2.86 bits per heavy atom. The van der Waals surface area contributed by atoms with Crippen LogP contribution in [0.4, 0.5) is 16.6 Å². The summed E-state index contributed by atoms with van der Waals surface area (Å²) in [6, 6.07) is 5.45. The number of aromatic nitrogens is 1. The Bertz CT molecular complexity index is 671. The fourth-order valence-corrected chi connectivity index (χ4v) is 2.87. The zero-order valence-corrected chi connectivity index (χ0v) is 13.7. The SMILES string of the molecule is CCN(C)c1nc(N)c(C(=O)Nc2ccc(C)cc2Cl)s1. The van der Waals surface area contributed by atoms with Crippen molar-refractivity contribution in [1.82, 2.24) is 4.98 Å². The molecule has 0 bridgehead atoms. The van der Waals surface area contributed by atoms with Crippen molar-refractivity contribution in [2.75, 3.05) is 29.5 Å². The van der Waals surface area contributed by atoms with Gasteiger partial charge in [0.1, 0.15) is 10.7 Å². The Hall–Kier alpha value is -1.79. The summed E-state index contributed by atoms with van der Waals surface area (Å²) >= 11 is 7.38. The number of nitrogens with one attached hydrogen (secondary N) is 1. The van der Waals surface area contributed by atoms with E-state index in [2.05, 4.69) is 10.3 Å². The zero-order chi connectivity index (χ0) is 15.6. The summed E-state index contributed by atoms with van der Waals surface area (Å²) in [5.74, 6) is -0.0671. The quantitative estimate of drug-likeness (QED) is 0.904. The van der Waals surface area contributed by atoms with Gasteiger partial charge in [-0.2, -0.15) is 0 Å². The van der Waals surface area contributed by atoms with Crippen molar-refractivity contribution >= 4 is 45.5 Å². The fraction of sp³-hybridized carbons (Fsp3) is 0.286. The van der Waals surface area contributed by atoms with Crippen LogP contribution in [0.15, 0.2) is 18.2 Å². The third-order valence-electron chi connectivity index (χ3n) is 3.02. The molecule has 7 heteroatoms. The smallest absolute Gasteiger partial charge is 0.269 e. The number of anilines is 3. The maximum atomic E-state index is 12.3. The molecule has 0 saturated carbocycles. The number of hydrogen-bond donors (Lipinski definition) is 2. The van der Waals surface area contributed by atoms with Crippen LogP contribution < -0.4 is 16.0 Å². The van der Waals surface area contributed by atoms with Gasteiger partial charge in [-0.1, -0.05) is 29.0 Å². The minimum absolute atomic E-state index is 0.232. The first-order valence-corrected chi connectivity index (χ1v) is 7.66. The molecule has 21 heavy (non-hydrogen) atoms. The predicted octanol–water partition coefficient (Wildman–Crippen LogP) is 3.40. The number of halogens is 1. The highest BCUT2D eigenvalue weighted by molar-refractivity contribution is 7.18. The summed E-state index contributed by atoms with van der Waals surface area (Å²) in [4.78, 5) is 18.8. The van der Waals surface area contributed by atoms with Gasteiger partial charge in [-0.15, -0.1) is 0 Å². The van der Waals surface area contributed by atoms with E-state index >= 15 is 0 Å². The van der Waals surface area contributed by atoms with Crippen molar-refractivity contribution in [2.45, 2.75) is 13.8 Å². The first kappa shape index (κ1) is 15.6. The van der Waals surface area contributed by atoms with Gasteiger partial charge < -0.3 is 16.0 Å². The molecule has 3 N–H and O–H groups in total. The number of rotatable bonds is 4. The van der Waals surface area contributed by atoms with Crippen molar-refractivity contribution in [2.24, 2.45) is 0 Å². The van der Waals surface area contributed by atoms with Crippen LogP contribution in [-0.2, 0) is 0 Å². The highest BCUT2D eigenvalue weighted by atomic mass is 35.5. The standard InChI is InChI=1S/C14H17ClN4OS/c1-4-19(3)14-18-12(16)11(21-14)13(20)17-10-6-5-8(2)7-9(10)15/h5-7H,4,16H2,1-3H3,(H,17,20). The highest BCUT2D eigenvalue weighted by Gasteiger charge is 2.18. The monoisotopic (exact) mass is 324 g/mol. The van der Waals surface area contributed by atoms with E-state index in [4.69, 9.17) is 17.3 Å². The van der Waals surface area contributed by atoms with Crippen molar-refractivity contribution in [3.05, 3.63) is 33.7 Å². The van der Waals surface area contributed by atoms with Gasteiger partial charge in [0.2, 0.25) is 0 Å². The number of benzene rings is 1. The Morgan fingerprint density at radius 2 is 2.24 bits per heavy atom. The van der Waals surface area contributed by atoms with E-state index in [-0.39, 0.29) is 11.7 Å². The number of aryl methyl sites for hydroxylation is 1. The Labute approximate surface area is 132 Å². The molecule has 0 atom stereocenters. The normalized spacial score (nSPS) is 10.5. The molecule has 0 spiro atoms. The second-order valence-electron chi connectivity index (χ2n) is 4.66. The number of nitrogens with zero attached hydrogens (tertiary/aromatic N) is 2. The topological polar surface area (TPSA) is 71.2 Å². The van der Waals surface area contributed by atoms with Crippen molar-refractivity contribution in [1.29, 1.82) is 0 Å². The van der Waals surface area contributed by atoms with E-state index in [1.54, 1.807) is 12.1 Å². The molecule has 1 heterocycles. The van der Waals surface area contributed by atoms with Gasteiger partial charge in [0.15, 0.2) is 5.13 Å². The summed E-state index contributed by atoms with van der Waals surface area (Å²) in [7, 11) is 1.90. The molecule has 0 aliphatic carbocycles. The van der Waals surface area contributed by atoms with Gasteiger partial charge in [0, 0.05) is 13.6 Å². The fourth-order valence-electron chi connectivity index (χ4n) is 1.68. The Morgan fingerprint density at radius 1 is 1.52 bits per heavy atom. The van der Waals surface area contributed by atoms with Gasteiger partial charge >= 0.3 is 0 Å². The molecule has 0 aliphatic heterocycles. The minimum atomic E-state index is -0.300. The van der Waals surface area contributed by atoms with Crippen molar-refractivity contribution in [3.8, 4) is 0 Å². The number of carbonyl (C=O) groups is 1. The van der Waals surface area contributed by atoms with Gasteiger partial charge in [-0.05, 0) is 31.5 Å². The van der Waals surface area contributed by atoms with E-state index in [1.165, 1.54) is 11.3 Å². The molecule has 0 unspecified atom stereocenters. The maximum Gasteiger partial charge on any atom is 0.269 e. The van der Waals surface area contributed by atoms with Crippen LogP contribution in [0.25, 0.3) is 0 Å². The molecule has 0 saturated heterocycles. The molecular formula is C14H17ClN4OS. The molecule has 1 amide bonds. The first-order chi connectivity index (χ1) is 9.92. The largest absolute Gasteiger partial charge is 0.382 e. The minimum Gasteiger partial charge on any atom is -0.382 e. The maximum absolute atomic E-state index is 12.3. The Kier molecular flexibility index (Phi) is 4.69. The average molecular weight is 325 g/mol. The number of carbonyl (C=O) groups excluding carboxylic acids is 1. The van der Waals surface area contributed by atoms with E-state index < -0.39 is 0 Å². The molecule has 0 radical (unpaired) electrons. The van der Waals surface area contributed by atoms with E-state index in [9.17, 15) is 4.79 Å². The van der Waals surface area contributed by atoms with Crippen LogP contribution in [0.2, 0.25) is 5.02 Å². The average Bonchev–Trinajstić information content (AvgIpc) is 2.83. The summed E-state index contributed by atoms with van der Waals surface area (Å²) in [6.07, 6.45) is 0. The zero-order valence-electron chi connectivity index (χ0n) is 12.1. The molecule has 1 aromatic carbocycles. The molecule has 0 fully saturated rings. The summed E-state index contributed by atoms with van der Waals surface area (Å²) in [5.41, 5.74) is 7.42. The molecule has 1 aromatic heterocycles. The lowest BCUT2D eigenvalue weighted by molar-refractivity contribution is 0.103. The van der Waals surface area contributed by atoms with Crippen LogP contribution in [0.3, 0.4) is 0 Å². The number of nitrogens with two attached hydrogens (primary N) is 1.